The molecule has 1 fully saturated rings. The summed E-state index contributed by atoms with van der Waals surface area (Å²) in [6.07, 6.45) is -0.985. The fourth-order valence-corrected chi connectivity index (χ4v) is 2.87. The fraction of sp³-hybridized carbons (Fsp3) is 0.357. The molecule has 0 saturated carbocycles. The van der Waals surface area contributed by atoms with Crippen molar-refractivity contribution in [3.63, 3.8) is 0 Å². The van der Waals surface area contributed by atoms with Crippen molar-refractivity contribution in [2.24, 2.45) is 0 Å². The number of nitrogen functional groups attached to an aromatic ring is 1. The van der Waals surface area contributed by atoms with Gasteiger partial charge in [-0.25, -0.2) is 14.5 Å². The fourth-order valence-electron chi connectivity index (χ4n) is 2.87. The van der Waals surface area contributed by atoms with Gasteiger partial charge >= 0.3 is 5.97 Å². The Morgan fingerprint density at radius 1 is 1.30 bits per heavy atom. The van der Waals surface area contributed by atoms with Crippen molar-refractivity contribution in [2.75, 3.05) is 12.3 Å². The number of aliphatic hydroxyl groups is 3. The third kappa shape index (κ3) is 2.69. The second-order valence-corrected chi connectivity index (χ2v) is 5.94. The number of fused-ring (bicyclic) bond motifs is 1. The summed E-state index contributed by atoms with van der Waals surface area (Å²) in [6.45, 7) is -0.477. The average Bonchev–Trinajstić information content (AvgIpc) is 3.34. The third-order valence-corrected chi connectivity index (χ3v) is 4.26. The van der Waals surface area contributed by atoms with Crippen LogP contribution in [0.2, 0.25) is 0 Å². The van der Waals surface area contributed by atoms with Crippen LogP contribution in [-0.4, -0.2) is 80.6 Å². The zero-order valence-corrected chi connectivity index (χ0v) is 13.6. The maximum Gasteiger partial charge on any atom is 0.338 e. The largest absolute Gasteiger partial charge is 0.478 e. The number of hydrogen-bond acceptors (Lipinski definition) is 10. The number of ether oxygens (including phenoxy) is 1. The highest BCUT2D eigenvalue weighted by atomic mass is 16.6. The maximum absolute atomic E-state index is 11.0. The van der Waals surface area contributed by atoms with Crippen molar-refractivity contribution in [1.82, 2.24) is 29.3 Å². The second-order valence-electron chi connectivity index (χ2n) is 5.94. The molecule has 0 amide bonds. The van der Waals surface area contributed by atoms with Gasteiger partial charge in [0.05, 0.1) is 24.7 Å². The second kappa shape index (κ2) is 6.24. The van der Waals surface area contributed by atoms with E-state index in [0.717, 1.165) is 10.9 Å². The molecular formula is C14H15N7O6. The number of carboxylic acids is 1. The molecule has 6 N–H and O–H groups in total. The van der Waals surface area contributed by atoms with Crippen LogP contribution in [0.5, 0.6) is 0 Å². The predicted octanol–water partition coefficient (Wildman–Crippen LogP) is -2.10. The van der Waals surface area contributed by atoms with Gasteiger partial charge in [0.25, 0.3) is 5.95 Å². The first-order valence-electron chi connectivity index (χ1n) is 7.81. The maximum atomic E-state index is 11.0. The smallest absolute Gasteiger partial charge is 0.338 e. The highest BCUT2D eigenvalue weighted by molar-refractivity contribution is 5.87. The minimum absolute atomic E-state index is 0.00729. The van der Waals surface area contributed by atoms with Crippen LogP contribution in [0.4, 0.5) is 5.82 Å². The Kier molecular flexibility index (Phi) is 4.00. The molecule has 142 valence electrons. The Morgan fingerprint density at radius 3 is 2.70 bits per heavy atom. The van der Waals surface area contributed by atoms with E-state index in [1.807, 2.05) is 0 Å². The third-order valence-electron chi connectivity index (χ3n) is 4.26. The molecule has 0 unspecified atom stereocenters. The molecule has 0 aromatic carbocycles. The van der Waals surface area contributed by atoms with E-state index in [1.165, 1.54) is 17.1 Å². The molecule has 4 atom stereocenters. The highest BCUT2D eigenvalue weighted by Crippen LogP contribution is 2.32. The average molecular weight is 377 g/mol. The SMILES string of the molecule is Nc1nc(-n2cc(C(=O)O)cn2)nc2c1ncn2[C@@H]1O[C@H](CO)[C@@H](O)[C@H]1O. The minimum Gasteiger partial charge on any atom is -0.478 e. The number of hydrogen-bond donors (Lipinski definition) is 5. The number of nitrogens with two attached hydrogens (primary N) is 1. The van der Waals surface area contributed by atoms with Gasteiger partial charge in [0, 0.05) is 6.20 Å². The molecule has 13 nitrogen and oxygen atoms in total. The summed E-state index contributed by atoms with van der Waals surface area (Å²) in [4.78, 5) is 23.4. The minimum atomic E-state index is -1.33. The Labute approximate surface area is 150 Å². The van der Waals surface area contributed by atoms with Crippen molar-refractivity contribution in [3.05, 3.63) is 24.3 Å². The topological polar surface area (TPSA) is 195 Å². The lowest BCUT2D eigenvalue weighted by molar-refractivity contribution is -0.0511. The summed E-state index contributed by atoms with van der Waals surface area (Å²) in [5, 5.41) is 42.3. The van der Waals surface area contributed by atoms with Crippen molar-refractivity contribution in [3.8, 4) is 5.95 Å². The first-order valence-corrected chi connectivity index (χ1v) is 7.81. The molecule has 1 aliphatic rings. The number of aromatic carboxylic acids is 1. The zero-order valence-electron chi connectivity index (χ0n) is 13.6. The summed E-state index contributed by atoms with van der Waals surface area (Å²) in [6, 6.07) is 0. The first-order chi connectivity index (χ1) is 12.9. The van der Waals surface area contributed by atoms with Gasteiger partial charge in [-0.3, -0.25) is 4.57 Å². The van der Waals surface area contributed by atoms with E-state index >= 15 is 0 Å². The van der Waals surface area contributed by atoms with Crippen LogP contribution in [0.1, 0.15) is 16.6 Å². The van der Waals surface area contributed by atoms with Gasteiger partial charge in [0.15, 0.2) is 17.7 Å². The first kappa shape index (κ1) is 17.3. The lowest BCUT2D eigenvalue weighted by Crippen LogP contribution is -2.33. The molecule has 0 spiro atoms. The van der Waals surface area contributed by atoms with Crippen LogP contribution < -0.4 is 5.73 Å². The molecule has 3 aromatic rings. The summed E-state index contributed by atoms with van der Waals surface area (Å²) in [7, 11) is 0. The van der Waals surface area contributed by atoms with Crippen LogP contribution in [0.3, 0.4) is 0 Å². The molecular weight excluding hydrogens is 362 g/mol. The molecule has 0 aliphatic carbocycles. The van der Waals surface area contributed by atoms with Crippen molar-refractivity contribution in [2.45, 2.75) is 24.5 Å². The van der Waals surface area contributed by atoms with Crippen LogP contribution in [0.15, 0.2) is 18.7 Å². The highest BCUT2D eigenvalue weighted by Gasteiger charge is 2.44. The predicted molar refractivity (Wildman–Crippen MR) is 86.8 cm³/mol. The summed E-state index contributed by atoms with van der Waals surface area (Å²) in [5.74, 6) is -1.17. The van der Waals surface area contributed by atoms with Crippen molar-refractivity contribution in [1.29, 1.82) is 0 Å². The molecule has 27 heavy (non-hydrogen) atoms. The van der Waals surface area contributed by atoms with Gasteiger partial charge in [-0.05, 0) is 0 Å². The van der Waals surface area contributed by atoms with Gasteiger partial charge in [0.1, 0.15) is 23.8 Å². The number of nitrogens with zero attached hydrogens (tertiary/aromatic N) is 6. The van der Waals surface area contributed by atoms with Crippen molar-refractivity contribution >= 4 is 23.0 Å². The lowest BCUT2D eigenvalue weighted by atomic mass is 10.1. The Balaban J connectivity index is 1.80. The van der Waals surface area contributed by atoms with E-state index in [2.05, 4.69) is 20.1 Å². The normalized spacial score (nSPS) is 25.3. The van der Waals surface area contributed by atoms with Gasteiger partial charge < -0.3 is 30.9 Å². The molecule has 4 rings (SSSR count). The summed E-state index contributed by atoms with van der Waals surface area (Å²) >= 11 is 0. The van der Waals surface area contributed by atoms with E-state index in [0.29, 0.717) is 0 Å². The van der Waals surface area contributed by atoms with Crippen LogP contribution in [-0.2, 0) is 4.74 Å². The number of anilines is 1. The van der Waals surface area contributed by atoms with Gasteiger partial charge in [-0.2, -0.15) is 15.1 Å². The van der Waals surface area contributed by atoms with E-state index < -0.39 is 37.1 Å². The van der Waals surface area contributed by atoms with E-state index in [9.17, 15) is 20.1 Å². The molecule has 0 radical (unpaired) electrons. The number of carboxylic acid groups (broad SMARTS) is 1. The molecule has 13 heteroatoms. The molecule has 1 saturated heterocycles. The number of carbonyl (C=O) groups is 1. The standard InChI is InChI=1S/C14H15N7O6/c15-10-7-11(19-14(18-10)21-2-5(1-17-21)13(25)26)20(4-16-7)12-9(24)8(23)6(3-22)27-12/h1-2,4,6,8-9,12,22-24H,3H2,(H,25,26)(H2,15,18,19)/t6-,8-,9-,12-/m1/s1. The zero-order chi connectivity index (χ0) is 19.3. The monoisotopic (exact) mass is 377 g/mol. The number of aliphatic hydroxyl groups excluding tert-OH is 3. The van der Waals surface area contributed by atoms with Gasteiger partial charge in [0.2, 0.25) is 0 Å². The van der Waals surface area contributed by atoms with Crippen LogP contribution in [0, 0.1) is 0 Å². The number of aromatic nitrogens is 6. The van der Waals surface area contributed by atoms with Gasteiger partial charge in [-0.15, -0.1) is 0 Å². The molecule has 4 heterocycles. The van der Waals surface area contributed by atoms with Crippen LogP contribution in [0.25, 0.3) is 17.1 Å². The lowest BCUT2D eigenvalue weighted by Gasteiger charge is -2.16. The Hall–Kier alpha value is -3.13. The van der Waals surface area contributed by atoms with Gasteiger partial charge in [-0.1, -0.05) is 0 Å². The molecule has 3 aromatic heterocycles. The quantitative estimate of drug-likeness (QED) is 0.334. The summed E-state index contributed by atoms with van der Waals surface area (Å²) < 4.78 is 7.96. The van der Waals surface area contributed by atoms with Crippen molar-refractivity contribution < 1.29 is 30.0 Å². The van der Waals surface area contributed by atoms with E-state index in [-0.39, 0.29) is 28.5 Å². The van der Waals surface area contributed by atoms with E-state index in [4.69, 9.17) is 15.6 Å². The van der Waals surface area contributed by atoms with Crippen LogP contribution >= 0.6 is 0 Å². The Bertz CT molecular complexity index is 1020. The summed E-state index contributed by atoms with van der Waals surface area (Å²) in [5.41, 5.74) is 6.25. The van der Waals surface area contributed by atoms with E-state index in [1.54, 1.807) is 0 Å². The number of imidazole rings is 1. The molecule has 1 aliphatic heterocycles. The number of rotatable bonds is 4. The Morgan fingerprint density at radius 2 is 2.07 bits per heavy atom. The molecule has 0 bridgehead atoms.